The third-order valence-electron chi connectivity index (χ3n) is 2.89. The van der Waals surface area contributed by atoms with E-state index in [0.717, 1.165) is 17.2 Å². The summed E-state index contributed by atoms with van der Waals surface area (Å²) in [7, 11) is 1.66. The zero-order valence-electron chi connectivity index (χ0n) is 12.5. The second-order valence-corrected chi connectivity index (χ2v) is 5.54. The van der Waals surface area contributed by atoms with Gasteiger partial charge >= 0.3 is 0 Å². The van der Waals surface area contributed by atoms with Crippen molar-refractivity contribution < 1.29 is 4.74 Å². The number of rotatable bonds is 7. The third kappa shape index (κ3) is 3.89. The standard InChI is InChI=1S/C14H20N4O2S/c1-4-6-18-13(19)11(8-10(2)17-18)12-9-21-14(16-12)15-5-7-20-3/h8-9H,4-7H2,1-3H3,(H,15,16). The number of methoxy groups -OCH3 is 1. The molecule has 0 unspecified atom stereocenters. The number of anilines is 1. The van der Waals surface area contributed by atoms with Gasteiger partial charge < -0.3 is 10.1 Å². The van der Waals surface area contributed by atoms with Crippen molar-refractivity contribution >= 4 is 16.5 Å². The topological polar surface area (TPSA) is 69.0 Å². The molecule has 0 spiro atoms. The van der Waals surface area contributed by atoms with Gasteiger partial charge in [-0.25, -0.2) is 9.67 Å². The Kier molecular flexibility index (Phi) is 5.46. The summed E-state index contributed by atoms with van der Waals surface area (Å²) >= 11 is 1.48. The first-order chi connectivity index (χ1) is 10.2. The maximum Gasteiger partial charge on any atom is 0.276 e. The van der Waals surface area contributed by atoms with Crippen LogP contribution in [0.5, 0.6) is 0 Å². The van der Waals surface area contributed by atoms with Crippen LogP contribution in [0.3, 0.4) is 0 Å². The van der Waals surface area contributed by atoms with Crippen molar-refractivity contribution in [2.24, 2.45) is 0 Å². The van der Waals surface area contributed by atoms with Gasteiger partial charge in [-0.3, -0.25) is 4.79 Å². The van der Waals surface area contributed by atoms with E-state index in [-0.39, 0.29) is 5.56 Å². The van der Waals surface area contributed by atoms with Crippen molar-refractivity contribution in [2.45, 2.75) is 26.8 Å². The fourth-order valence-electron chi connectivity index (χ4n) is 1.96. The zero-order chi connectivity index (χ0) is 15.2. The molecule has 0 aliphatic carbocycles. The Bertz CT molecular complexity index is 651. The van der Waals surface area contributed by atoms with Gasteiger partial charge in [0.05, 0.1) is 23.6 Å². The Morgan fingerprint density at radius 3 is 3.00 bits per heavy atom. The Hall–Kier alpha value is -1.73. The van der Waals surface area contributed by atoms with Crippen LogP contribution in [0.1, 0.15) is 19.0 Å². The maximum atomic E-state index is 12.4. The van der Waals surface area contributed by atoms with Crippen molar-refractivity contribution in [3.05, 3.63) is 27.5 Å². The van der Waals surface area contributed by atoms with Gasteiger partial charge in [0.25, 0.3) is 5.56 Å². The third-order valence-corrected chi connectivity index (χ3v) is 3.69. The lowest BCUT2D eigenvalue weighted by Crippen LogP contribution is -2.25. The van der Waals surface area contributed by atoms with Crippen molar-refractivity contribution in [1.82, 2.24) is 14.8 Å². The molecule has 0 fully saturated rings. The summed E-state index contributed by atoms with van der Waals surface area (Å²) < 4.78 is 6.50. The lowest BCUT2D eigenvalue weighted by atomic mass is 10.2. The van der Waals surface area contributed by atoms with Crippen LogP contribution in [-0.4, -0.2) is 35.0 Å². The van der Waals surface area contributed by atoms with E-state index in [9.17, 15) is 4.79 Å². The molecule has 0 bridgehead atoms. The molecule has 0 aliphatic heterocycles. The van der Waals surface area contributed by atoms with Gasteiger partial charge in [0.15, 0.2) is 5.13 Å². The minimum Gasteiger partial charge on any atom is -0.383 e. The molecule has 7 heteroatoms. The molecule has 2 aromatic heterocycles. The summed E-state index contributed by atoms with van der Waals surface area (Å²) in [6.07, 6.45) is 0.872. The molecular weight excluding hydrogens is 288 g/mol. The first-order valence-corrected chi connectivity index (χ1v) is 7.81. The van der Waals surface area contributed by atoms with E-state index in [1.165, 1.54) is 16.0 Å². The van der Waals surface area contributed by atoms with E-state index in [2.05, 4.69) is 15.4 Å². The minimum absolute atomic E-state index is 0.0869. The van der Waals surface area contributed by atoms with Gasteiger partial charge in [-0.1, -0.05) is 6.92 Å². The lowest BCUT2D eigenvalue weighted by molar-refractivity contribution is 0.211. The molecule has 0 aromatic carbocycles. The molecule has 1 N–H and O–H groups in total. The molecule has 0 radical (unpaired) electrons. The van der Waals surface area contributed by atoms with E-state index in [1.54, 1.807) is 13.2 Å². The number of hydrogen-bond acceptors (Lipinski definition) is 6. The number of aromatic nitrogens is 3. The van der Waals surface area contributed by atoms with Crippen LogP contribution in [0.4, 0.5) is 5.13 Å². The molecule has 0 saturated heterocycles. The largest absolute Gasteiger partial charge is 0.383 e. The first kappa shape index (κ1) is 15.7. The quantitative estimate of drug-likeness (QED) is 0.794. The fraction of sp³-hybridized carbons (Fsp3) is 0.500. The molecule has 21 heavy (non-hydrogen) atoms. The number of hydrogen-bond donors (Lipinski definition) is 1. The predicted octanol–water partition coefficient (Wildman–Crippen LogP) is 2.14. The monoisotopic (exact) mass is 308 g/mol. The highest BCUT2D eigenvalue weighted by atomic mass is 32.1. The van der Waals surface area contributed by atoms with E-state index in [4.69, 9.17) is 4.74 Å². The van der Waals surface area contributed by atoms with Gasteiger partial charge in [-0.15, -0.1) is 11.3 Å². The minimum atomic E-state index is -0.0869. The van der Waals surface area contributed by atoms with Crippen molar-refractivity contribution in [3.8, 4) is 11.3 Å². The highest BCUT2D eigenvalue weighted by Gasteiger charge is 2.12. The maximum absolute atomic E-state index is 12.4. The highest BCUT2D eigenvalue weighted by molar-refractivity contribution is 7.14. The average molecular weight is 308 g/mol. The van der Waals surface area contributed by atoms with Crippen molar-refractivity contribution in [2.75, 3.05) is 25.6 Å². The first-order valence-electron chi connectivity index (χ1n) is 6.93. The molecule has 0 amide bonds. The van der Waals surface area contributed by atoms with Crippen LogP contribution >= 0.6 is 11.3 Å². The van der Waals surface area contributed by atoms with Crippen LogP contribution in [0.15, 0.2) is 16.2 Å². The van der Waals surface area contributed by atoms with Crippen LogP contribution in [-0.2, 0) is 11.3 Å². The predicted molar refractivity (Wildman–Crippen MR) is 85.0 cm³/mol. The van der Waals surface area contributed by atoms with Crippen LogP contribution in [0, 0.1) is 6.92 Å². The normalized spacial score (nSPS) is 10.8. The van der Waals surface area contributed by atoms with Crippen molar-refractivity contribution in [1.29, 1.82) is 0 Å². The van der Waals surface area contributed by atoms with Crippen LogP contribution in [0.25, 0.3) is 11.3 Å². The SMILES string of the molecule is CCCn1nc(C)cc(-c2csc(NCCOC)n2)c1=O. The second kappa shape index (κ2) is 7.33. The molecule has 2 rings (SSSR count). The smallest absolute Gasteiger partial charge is 0.276 e. The van der Waals surface area contributed by atoms with Crippen LogP contribution in [0.2, 0.25) is 0 Å². The Balaban J connectivity index is 2.27. The summed E-state index contributed by atoms with van der Waals surface area (Å²) in [5.74, 6) is 0. The van der Waals surface area contributed by atoms with Gasteiger partial charge in [0, 0.05) is 25.6 Å². The molecular formula is C14H20N4O2S. The van der Waals surface area contributed by atoms with Crippen LogP contribution < -0.4 is 10.9 Å². The number of thiazole rings is 1. The molecule has 2 aromatic rings. The van der Waals surface area contributed by atoms with E-state index in [0.29, 0.717) is 31.0 Å². The number of ether oxygens (including phenoxy) is 1. The van der Waals surface area contributed by atoms with Gasteiger partial charge in [-0.2, -0.15) is 5.10 Å². The summed E-state index contributed by atoms with van der Waals surface area (Å²) in [4.78, 5) is 16.9. The van der Waals surface area contributed by atoms with E-state index >= 15 is 0 Å². The second-order valence-electron chi connectivity index (χ2n) is 4.69. The summed E-state index contributed by atoms with van der Waals surface area (Å²) in [5, 5.41) is 10.1. The molecule has 6 nitrogen and oxygen atoms in total. The lowest BCUT2D eigenvalue weighted by Gasteiger charge is -2.06. The van der Waals surface area contributed by atoms with Gasteiger partial charge in [0.2, 0.25) is 0 Å². The summed E-state index contributed by atoms with van der Waals surface area (Å²) in [5.41, 5.74) is 2.03. The van der Waals surface area contributed by atoms with E-state index < -0.39 is 0 Å². The Morgan fingerprint density at radius 2 is 2.29 bits per heavy atom. The molecule has 0 aliphatic rings. The average Bonchev–Trinajstić information content (AvgIpc) is 2.92. The van der Waals surface area contributed by atoms with E-state index in [1.807, 2.05) is 19.2 Å². The molecule has 0 saturated carbocycles. The van der Waals surface area contributed by atoms with Crippen molar-refractivity contribution in [3.63, 3.8) is 0 Å². The number of nitrogens with zero attached hydrogens (tertiary/aromatic N) is 3. The zero-order valence-corrected chi connectivity index (χ0v) is 13.4. The molecule has 114 valence electrons. The van der Waals surface area contributed by atoms with Gasteiger partial charge in [0.1, 0.15) is 0 Å². The summed E-state index contributed by atoms with van der Waals surface area (Å²) in [6.45, 7) is 5.85. The highest BCUT2D eigenvalue weighted by Crippen LogP contribution is 2.22. The summed E-state index contributed by atoms with van der Waals surface area (Å²) in [6, 6.07) is 1.79. The fourth-order valence-corrected chi connectivity index (χ4v) is 2.70. The Labute approximate surface area is 127 Å². The van der Waals surface area contributed by atoms with Gasteiger partial charge in [-0.05, 0) is 19.4 Å². The number of aryl methyl sites for hydroxylation is 2. The molecule has 0 atom stereocenters. The molecule has 2 heterocycles. The Morgan fingerprint density at radius 1 is 1.48 bits per heavy atom. The number of nitrogens with one attached hydrogen (secondary N) is 1.